The molecule has 7 nitrogen and oxygen atoms in total. The summed E-state index contributed by atoms with van der Waals surface area (Å²) in [7, 11) is 1.19. The van der Waals surface area contributed by atoms with Gasteiger partial charge in [0.1, 0.15) is 17.1 Å². The van der Waals surface area contributed by atoms with E-state index in [-0.39, 0.29) is 29.1 Å². The first-order valence-electron chi connectivity index (χ1n) is 7.83. The summed E-state index contributed by atoms with van der Waals surface area (Å²) in [6.45, 7) is 1.50. The van der Waals surface area contributed by atoms with Crippen LogP contribution < -0.4 is 11.1 Å². The molecular weight excluding hydrogens is 340 g/mol. The van der Waals surface area contributed by atoms with Crippen LogP contribution in [0.4, 0.5) is 0 Å². The van der Waals surface area contributed by atoms with Crippen LogP contribution in [0.2, 0.25) is 0 Å². The summed E-state index contributed by atoms with van der Waals surface area (Å²) in [5.74, 6) is -1.87. The predicted molar refractivity (Wildman–Crippen MR) is 92.3 cm³/mol. The lowest BCUT2D eigenvalue weighted by Gasteiger charge is -2.16. The van der Waals surface area contributed by atoms with E-state index in [1.54, 1.807) is 24.3 Å². The van der Waals surface area contributed by atoms with Crippen LogP contribution in [0.15, 0.2) is 55.0 Å². The molecule has 0 radical (unpaired) electrons. The highest BCUT2D eigenvalue weighted by Gasteiger charge is 2.29. The number of aryl methyl sites for hydroxylation is 1. The molecule has 0 amide bonds. The molecule has 3 rings (SSSR count). The smallest absolute Gasteiger partial charge is 0.343 e. The Kier molecular flexibility index (Phi) is 4.62. The lowest BCUT2D eigenvalue weighted by Crippen LogP contribution is -2.23. The summed E-state index contributed by atoms with van der Waals surface area (Å²) in [5, 5.41) is 10.6. The van der Waals surface area contributed by atoms with Crippen molar-refractivity contribution in [1.82, 2.24) is 0 Å². The highest BCUT2D eigenvalue weighted by atomic mass is 16.5. The molecule has 0 fully saturated rings. The van der Waals surface area contributed by atoms with E-state index < -0.39 is 22.9 Å². The second kappa shape index (κ2) is 6.87. The van der Waals surface area contributed by atoms with Crippen LogP contribution in [0, 0.1) is 6.92 Å². The van der Waals surface area contributed by atoms with Gasteiger partial charge in [0, 0.05) is 17.5 Å². The maximum absolute atomic E-state index is 12.9. The van der Waals surface area contributed by atoms with E-state index >= 15 is 0 Å². The van der Waals surface area contributed by atoms with Crippen LogP contribution in [0.25, 0.3) is 11.0 Å². The number of ether oxygens (including phenoxy) is 1. The highest BCUT2D eigenvalue weighted by Crippen LogP contribution is 2.31. The zero-order valence-electron chi connectivity index (χ0n) is 14.1. The molecule has 2 aromatic heterocycles. The molecule has 0 unspecified atom stereocenters. The van der Waals surface area contributed by atoms with Crippen LogP contribution in [-0.2, 0) is 9.53 Å². The van der Waals surface area contributed by atoms with E-state index in [2.05, 4.69) is 4.74 Å². The van der Waals surface area contributed by atoms with E-state index in [9.17, 15) is 19.5 Å². The molecule has 0 spiro atoms. The molecule has 1 atom stereocenters. The third kappa shape index (κ3) is 3.11. The van der Waals surface area contributed by atoms with Gasteiger partial charge in [-0.3, -0.25) is 9.59 Å². The fourth-order valence-corrected chi connectivity index (χ4v) is 2.88. The number of carbonyl (C=O) groups is 1. The number of aromatic hydroxyl groups is 1. The minimum Gasteiger partial charge on any atom is -0.507 e. The number of rotatable bonds is 4. The van der Waals surface area contributed by atoms with Gasteiger partial charge < -0.3 is 18.7 Å². The number of para-hydroxylation sites is 1. The molecule has 1 N–H and O–H groups in total. The van der Waals surface area contributed by atoms with E-state index in [4.69, 9.17) is 8.83 Å². The second-order valence-corrected chi connectivity index (χ2v) is 5.79. The maximum atomic E-state index is 12.9. The summed E-state index contributed by atoms with van der Waals surface area (Å²) in [6, 6.07) is 7.86. The predicted octanol–water partition coefficient (Wildman–Crippen LogP) is 2.46. The van der Waals surface area contributed by atoms with Crippen LogP contribution in [0.5, 0.6) is 5.75 Å². The summed E-state index contributed by atoms with van der Waals surface area (Å²) in [4.78, 5) is 37.0. The van der Waals surface area contributed by atoms with Crippen molar-refractivity contribution in [2.75, 3.05) is 7.11 Å². The topological polar surface area (TPSA) is 107 Å². The first-order valence-corrected chi connectivity index (χ1v) is 7.83. The first-order chi connectivity index (χ1) is 12.4. The Morgan fingerprint density at radius 1 is 1.27 bits per heavy atom. The van der Waals surface area contributed by atoms with Crippen molar-refractivity contribution >= 4 is 16.9 Å². The second-order valence-electron chi connectivity index (χ2n) is 5.79. The Labute approximate surface area is 147 Å². The SMILES string of the molecule is COC(=O)C[C@@H](c1c(O)cc(C)oc1=O)c1coc2ccccc2c1=O. The molecule has 7 heteroatoms. The minimum atomic E-state index is -1.07. The summed E-state index contributed by atoms with van der Waals surface area (Å²) in [5.41, 5.74) is -0.994. The fraction of sp³-hybridized carbons (Fsp3) is 0.211. The van der Waals surface area contributed by atoms with Gasteiger partial charge in [-0.1, -0.05) is 12.1 Å². The van der Waals surface area contributed by atoms with Crippen LogP contribution in [-0.4, -0.2) is 18.2 Å². The molecule has 2 heterocycles. The van der Waals surface area contributed by atoms with Crippen molar-refractivity contribution in [1.29, 1.82) is 0 Å². The molecule has 3 aromatic rings. The summed E-state index contributed by atoms with van der Waals surface area (Å²) < 4.78 is 15.2. The van der Waals surface area contributed by atoms with Crippen molar-refractivity contribution < 1.29 is 23.5 Å². The molecular formula is C19H16O7. The monoisotopic (exact) mass is 356 g/mol. The van der Waals surface area contributed by atoms with Gasteiger partial charge in [0.2, 0.25) is 0 Å². The van der Waals surface area contributed by atoms with Crippen LogP contribution >= 0.6 is 0 Å². The highest BCUT2D eigenvalue weighted by molar-refractivity contribution is 5.77. The molecule has 26 heavy (non-hydrogen) atoms. The Hall–Kier alpha value is -3.35. The molecule has 134 valence electrons. The number of methoxy groups -OCH3 is 1. The average Bonchev–Trinajstić information content (AvgIpc) is 2.60. The van der Waals surface area contributed by atoms with Crippen molar-refractivity contribution in [3.8, 4) is 5.75 Å². The Balaban J connectivity index is 2.27. The van der Waals surface area contributed by atoms with Crippen LogP contribution in [0.3, 0.4) is 0 Å². The van der Waals surface area contributed by atoms with E-state index in [1.165, 1.54) is 26.4 Å². The van der Waals surface area contributed by atoms with Crippen LogP contribution in [0.1, 0.15) is 29.2 Å². The number of esters is 1. The van der Waals surface area contributed by atoms with E-state index in [0.717, 1.165) is 0 Å². The van der Waals surface area contributed by atoms with E-state index in [1.807, 2.05) is 0 Å². The van der Waals surface area contributed by atoms with Gasteiger partial charge in [-0.25, -0.2) is 4.79 Å². The van der Waals surface area contributed by atoms with E-state index in [0.29, 0.717) is 11.0 Å². The average molecular weight is 356 g/mol. The van der Waals surface area contributed by atoms with Crippen molar-refractivity contribution in [3.63, 3.8) is 0 Å². The fourth-order valence-electron chi connectivity index (χ4n) is 2.88. The van der Waals surface area contributed by atoms with Gasteiger partial charge in [0.25, 0.3) is 0 Å². The maximum Gasteiger partial charge on any atom is 0.343 e. The number of hydrogen-bond acceptors (Lipinski definition) is 7. The lowest BCUT2D eigenvalue weighted by atomic mass is 9.89. The van der Waals surface area contributed by atoms with Gasteiger partial charge in [0.15, 0.2) is 5.43 Å². The van der Waals surface area contributed by atoms with Crippen molar-refractivity contribution in [2.24, 2.45) is 0 Å². The number of hydrogen-bond donors (Lipinski definition) is 1. The number of benzene rings is 1. The minimum absolute atomic E-state index is 0.0561. The normalized spacial score (nSPS) is 12.1. The zero-order valence-corrected chi connectivity index (χ0v) is 14.1. The molecule has 0 aliphatic carbocycles. The molecule has 0 bridgehead atoms. The van der Waals surface area contributed by atoms with Crippen molar-refractivity contribution in [2.45, 2.75) is 19.3 Å². The molecule has 0 saturated carbocycles. The Bertz CT molecular complexity index is 1090. The molecule has 1 aromatic carbocycles. The molecule has 0 aliphatic rings. The van der Waals surface area contributed by atoms with Crippen molar-refractivity contribution in [3.05, 3.63) is 74.1 Å². The van der Waals surface area contributed by atoms with Gasteiger partial charge in [-0.15, -0.1) is 0 Å². The van der Waals surface area contributed by atoms with Gasteiger partial charge >= 0.3 is 11.6 Å². The number of carbonyl (C=O) groups excluding carboxylic acids is 1. The van der Waals surface area contributed by atoms with Gasteiger partial charge in [-0.05, 0) is 19.1 Å². The molecule has 0 aliphatic heterocycles. The quantitative estimate of drug-likeness (QED) is 0.716. The lowest BCUT2D eigenvalue weighted by molar-refractivity contribution is -0.140. The first kappa shape index (κ1) is 17.5. The van der Waals surface area contributed by atoms with Gasteiger partial charge in [0.05, 0.1) is 30.7 Å². The number of fused-ring (bicyclic) bond motifs is 1. The van der Waals surface area contributed by atoms with Gasteiger partial charge in [-0.2, -0.15) is 0 Å². The zero-order chi connectivity index (χ0) is 18.8. The Morgan fingerprint density at radius 2 is 2.00 bits per heavy atom. The Morgan fingerprint density at radius 3 is 2.69 bits per heavy atom. The third-order valence-corrected chi connectivity index (χ3v) is 4.12. The summed E-state index contributed by atoms with van der Waals surface area (Å²) >= 11 is 0. The standard InChI is InChI=1S/C19H16O7/c1-10-7-14(20)17(19(23)26-10)12(8-16(21)24-2)13-9-25-15-6-4-3-5-11(15)18(13)22/h3-7,9,12,20H,8H2,1-2H3/t12-/m1/s1. The summed E-state index contributed by atoms with van der Waals surface area (Å²) in [6.07, 6.45) is 0.859. The largest absolute Gasteiger partial charge is 0.507 e. The third-order valence-electron chi connectivity index (χ3n) is 4.12. The molecule has 0 saturated heterocycles.